The number of aliphatic hydroxyl groups is 1. The van der Waals surface area contributed by atoms with Crippen molar-refractivity contribution in [1.82, 2.24) is 0 Å². The van der Waals surface area contributed by atoms with Crippen LogP contribution in [0.25, 0.3) is 5.70 Å². The van der Waals surface area contributed by atoms with Gasteiger partial charge in [0, 0.05) is 42.4 Å². The van der Waals surface area contributed by atoms with Crippen LogP contribution in [0.3, 0.4) is 0 Å². The van der Waals surface area contributed by atoms with Crippen molar-refractivity contribution < 1.29 is 14.6 Å². The van der Waals surface area contributed by atoms with Gasteiger partial charge in [-0.3, -0.25) is 4.79 Å². The lowest BCUT2D eigenvalue weighted by Crippen LogP contribution is -2.13. The van der Waals surface area contributed by atoms with Crippen molar-refractivity contribution in [1.29, 1.82) is 0 Å². The Labute approximate surface area is 201 Å². The Morgan fingerprint density at radius 3 is 2.12 bits per heavy atom. The smallest absolute Gasteiger partial charge is 0.255 e. The molecule has 1 amide bonds. The second-order valence-electron chi connectivity index (χ2n) is 8.52. The second kappa shape index (κ2) is 11.4. The molecule has 0 unspecified atom stereocenters. The maximum Gasteiger partial charge on any atom is 0.255 e. The van der Waals surface area contributed by atoms with Crippen molar-refractivity contribution in [2.75, 3.05) is 42.8 Å². The number of hydrogen-bond acceptors (Lipinski definition) is 5. The quantitative estimate of drug-likeness (QED) is 0.391. The highest BCUT2D eigenvalue weighted by Crippen LogP contribution is 2.27. The number of nitrogens with one attached hydrogen (secondary N) is 2. The van der Waals surface area contributed by atoms with Crippen LogP contribution in [0.15, 0.2) is 72.3 Å². The highest BCUT2D eigenvalue weighted by Gasteiger charge is 2.10. The van der Waals surface area contributed by atoms with E-state index < -0.39 is 0 Å². The van der Waals surface area contributed by atoms with Gasteiger partial charge in [-0.15, -0.1) is 0 Å². The van der Waals surface area contributed by atoms with Crippen molar-refractivity contribution in [2.45, 2.75) is 20.8 Å². The number of amides is 1. The van der Waals surface area contributed by atoms with Crippen molar-refractivity contribution in [3.8, 4) is 5.75 Å². The van der Waals surface area contributed by atoms with E-state index in [2.05, 4.69) is 24.5 Å². The number of ether oxygens (including phenoxy) is 1. The summed E-state index contributed by atoms with van der Waals surface area (Å²) >= 11 is 0. The molecule has 0 atom stereocenters. The first-order valence-electron chi connectivity index (χ1n) is 11.3. The van der Waals surface area contributed by atoms with Crippen LogP contribution in [0.1, 0.15) is 35.3 Å². The summed E-state index contributed by atoms with van der Waals surface area (Å²) in [5, 5.41) is 15.4. The number of allylic oxidation sites excluding steroid dienone is 1. The molecule has 3 rings (SSSR count). The molecular weight excluding hydrogens is 426 g/mol. The van der Waals surface area contributed by atoms with Gasteiger partial charge in [0.15, 0.2) is 0 Å². The summed E-state index contributed by atoms with van der Waals surface area (Å²) in [6, 6.07) is 21.1. The molecule has 6 nitrogen and oxygen atoms in total. The fraction of sp³-hybridized carbons (Fsp3) is 0.250. The fourth-order valence-electron chi connectivity index (χ4n) is 3.50. The van der Waals surface area contributed by atoms with Gasteiger partial charge in [-0.1, -0.05) is 5.57 Å². The summed E-state index contributed by atoms with van der Waals surface area (Å²) < 4.78 is 5.46. The van der Waals surface area contributed by atoms with E-state index in [9.17, 15) is 4.79 Å². The van der Waals surface area contributed by atoms with Crippen LogP contribution in [0.4, 0.5) is 17.1 Å². The summed E-state index contributed by atoms with van der Waals surface area (Å²) in [4.78, 5) is 14.7. The molecule has 0 saturated heterocycles. The monoisotopic (exact) mass is 459 g/mol. The molecule has 3 aromatic rings. The minimum atomic E-state index is -0.140. The minimum Gasteiger partial charge on any atom is -0.491 e. The Morgan fingerprint density at radius 2 is 1.56 bits per heavy atom. The summed E-state index contributed by atoms with van der Waals surface area (Å²) in [6.07, 6.45) is 0. The summed E-state index contributed by atoms with van der Waals surface area (Å²) in [7, 11) is 3.94. The molecule has 3 aromatic carbocycles. The number of anilines is 3. The largest absolute Gasteiger partial charge is 0.491 e. The molecule has 6 heteroatoms. The Balaban J connectivity index is 1.72. The zero-order valence-corrected chi connectivity index (χ0v) is 20.5. The third-order valence-corrected chi connectivity index (χ3v) is 5.39. The van der Waals surface area contributed by atoms with Crippen molar-refractivity contribution in [2.24, 2.45) is 0 Å². The molecule has 178 valence electrons. The second-order valence-corrected chi connectivity index (χ2v) is 8.52. The van der Waals surface area contributed by atoms with Gasteiger partial charge in [0.2, 0.25) is 0 Å². The van der Waals surface area contributed by atoms with Crippen molar-refractivity contribution in [3.63, 3.8) is 0 Å². The number of carbonyl (C=O) groups excluding carboxylic acids is 1. The van der Waals surface area contributed by atoms with E-state index in [0.29, 0.717) is 5.56 Å². The molecule has 0 aliphatic rings. The van der Waals surface area contributed by atoms with Gasteiger partial charge in [0.1, 0.15) is 12.4 Å². The maximum atomic E-state index is 12.7. The Morgan fingerprint density at radius 1 is 0.912 bits per heavy atom. The zero-order chi connectivity index (χ0) is 24.7. The first-order chi connectivity index (χ1) is 16.3. The molecular formula is C28H33N3O3. The van der Waals surface area contributed by atoms with E-state index in [0.717, 1.165) is 45.2 Å². The Kier molecular flexibility index (Phi) is 8.33. The average molecular weight is 460 g/mol. The molecule has 0 aromatic heterocycles. The number of rotatable bonds is 9. The molecule has 0 radical (unpaired) electrons. The first-order valence-corrected chi connectivity index (χ1v) is 11.3. The number of hydrogen-bond donors (Lipinski definition) is 3. The Bertz CT molecular complexity index is 1150. The van der Waals surface area contributed by atoms with Gasteiger partial charge >= 0.3 is 0 Å². The van der Waals surface area contributed by atoms with Crippen LogP contribution < -0.4 is 20.3 Å². The number of aryl methyl sites for hydroxylation is 1. The molecule has 3 N–H and O–H groups in total. The lowest BCUT2D eigenvalue weighted by Gasteiger charge is -2.17. The normalized spacial score (nSPS) is 10.4. The summed E-state index contributed by atoms with van der Waals surface area (Å²) in [6.45, 7) is 6.39. The third kappa shape index (κ3) is 6.39. The number of nitrogens with zero attached hydrogens (tertiary/aromatic N) is 1. The van der Waals surface area contributed by atoms with E-state index in [1.54, 1.807) is 0 Å². The lowest BCUT2D eigenvalue weighted by molar-refractivity contribution is 0.102. The van der Waals surface area contributed by atoms with E-state index >= 15 is 0 Å². The lowest BCUT2D eigenvalue weighted by atomic mass is 10.1. The van der Waals surface area contributed by atoms with Crippen LogP contribution >= 0.6 is 0 Å². The molecule has 34 heavy (non-hydrogen) atoms. The molecule has 0 aliphatic carbocycles. The molecule has 0 heterocycles. The minimum absolute atomic E-state index is 0.0129. The Hall–Kier alpha value is -3.77. The topological polar surface area (TPSA) is 73.8 Å². The predicted octanol–water partition coefficient (Wildman–Crippen LogP) is 5.55. The molecule has 0 fully saturated rings. The predicted molar refractivity (Wildman–Crippen MR) is 141 cm³/mol. The van der Waals surface area contributed by atoms with Gasteiger partial charge in [-0.05, 0) is 98.6 Å². The van der Waals surface area contributed by atoms with Gasteiger partial charge in [0.05, 0.1) is 6.61 Å². The van der Waals surface area contributed by atoms with Crippen LogP contribution in [-0.2, 0) is 0 Å². The van der Waals surface area contributed by atoms with Gasteiger partial charge in [0.25, 0.3) is 5.91 Å². The highest BCUT2D eigenvalue weighted by atomic mass is 16.5. The summed E-state index contributed by atoms with van der Waals surface area (Å²) in [5.74, 6) is 0.581. The summed E-state index contributed by atoms with van der Waals surface area (Å²) in [5.41, 5.74) is 7.57. The van der Waals surface area contributed by atoms with Crippen LogP contribution in [0, 0.1) is 6.92 Å². The fourth-order valence-corrected chi connectivity index (χ4v) is 3.50. The van der Waals surface area contributed by atoms with Crippen LogP contribution in [-0.4, -0.2) is 38.3 Å². The van der Waals surface area contributed by atoms with E-state index in [1.165, 1.54) is 0 Å². The van der Waals surface area contributed by atoms with Crippen LogP contribution in [0.5, 0.6) is 5.75 Å². The van der Waals surface area contributed by atoms with E-state index in [4.69, 9.17) is 9.84 Å². The van der Waals surface area contributed by atoms with E-state index in [1.807, 2.05) is 92.6 Å². The molecule has 0 saturated carbocycles. The van der Waals surface area contributed by atoms with E-state index in [-0.39, 0.29) is 19.1 Å². The van der Waals surface area contributed by atoms with Gasteiger partial charge in [-0.25, -0.2) is 0 Å². The van der Waals surface area contributed by atoms with Gasteiger partial charge in [-0.2, -0.15) is 0 Å². The zero-order valence-electron chi connectivity index (χ0n) is 20.5. The molecule has 0 aliphatic heterocycles. The average Bonchev–Trinajstić information content (AvgIpc) is 2.82. The number of aliphatic hydroxyl groups excluding tert-OH is 1. The van der Waals surface area contributed by atoms with Crippen LogP contribution in [0.2, 0.25) is 0 Å². The highest BCUT2D eigenvalue weighted by molar-refractivity contribution is 6.04. The van der Waals surface area contributed by atoms with Crippen molar-refractivity contribution >= 4 is 28.7 Å². The standard InChI is InChI=1S/C28H33N3O3/c1-19(2)27(21-8-13-25(14-9-21)34-17-16-32)30-26-15-10-23(18-20(26)3)29-28(33)22-6-11-24(12-7-22)31(4)5/h6-15,18,30,32H,16-17H2,1-5H3,(H,29,33). The first kappa shape index (κ1) is 24.9. The molecule has 0 bridgehead atoms. The third-order valence-electron chi connectivity index (χ3n) is 5.39. The van der Waals surface area contributed by atoms with Crippen molar-refractivity contribution in [3.05, 3.63) is 89.0 Å². The SMILES string of the molecule is CC(C)=C(Nc1ccc(NC(=O)c2ccc(N(C)C)cc2)cc1C)c1ccc(OCCO)cc1. The molecule has 0 spiro atoms. The maximum absolute atomic E-state index is 12.7. The van der Waals surface area contributed by atoms with Gasteiger partial charge < -0.3 is 25.4 Å². The number of carbonyl (C=O) groups is 1. The number of benzene rings is 3.